The molecule has 0 saturated heterocycles. The predicted molar refractivity (Wildman–Crippen MR) is 239 cm³/mol. The van der Waals surface area contributed by atoms with Gasteiger partial charge < -0.3 is 29.4 Å². The average molecular weight is 839 g/mol. The number of azide groups is 1. The molecule has 0 amide bonds. The molecule has 4 aromatic carbocycles. The van der Waals surface area contributed by atoms with E-state index >= 15 is 0 Å². The molecular weight excluding hydrogens is 796 g/mol. The van der Waals surface area contributed by atoms with Gasteiger partial charge in [-0.2, -0.15) is 0 Å². The van der Waals surface area contributed by atoms with Crippen LogP contribution in [-0.2, 0) is 4.57 Å². The third-order valence-electron chi connectivity index (χ3n) is 8.29. The number of anilines is 1. The summed E-state index contributed by atoms with van der Waals surface area (Å²) in [6, 6.07) is 38.8. The second-order valence-electron chi connectivity index (χ2n) is 12.2. The number of hydrogen-bond donors (Lipinski definition) is 2. The van der Waals surface area contributed by atoms with Crippen molar-refractivity contribution < 1.29 is 33.0 Å². The number of ether oxygens (including phenoxy) is 2. The number of aromatic nitrogens is 4. The minimum Gasteiger partial charge on any atom is -0.497 e. The van der Waals surface area contributed by atoms with Gasteiger partial charge in [0.2, 0.25) is 0 Å². The lowest BCUT2D eigenvalue weighted by Crippen LogP contribution is -2.00. The molecule has 15 nitrogen and oxygen atoms in total. The normalized spacial score (nSPS) is 10.1. The standard InChI is InChI=1S/C16H12N2O3.C15H13N3O.C12H10N3O3P.2CH4/c1-21-11-4-2-3-10(7-11)15-8-12(16(19)20)13-9-17-6-5-14(13)18-15;1-19-11-4-2-3-10(7-11)15-8-13(16)12-9-17-6-5-14(12)18-15;13-14-15-19(16,17-11-7-3-1-4-8-11)18-12-9-5-2-6-10-12;;/h2-9H,1H3,(H,19,20);2-9H,1H3,(H2,16,18);1-10H;2*1H4. The number of nitrogen functional groups attached to an aromatic ring is 1. The van der Waals surface area contributed by atoms with Crippen molar-refractivity contribution in [2.24, 2.45) is 4.88 Å². The van der Waals surface area contributed by atoms with Crippen LogP contribution in [0.5, 0.6) is 23.0 Å². The van der Waals surface area contributed by atoms with Crippen LogP contribution in [0.3, 0.4) is 0 Å². The molecule has 0 aliphatic heterocycles. The number of nitrogens with two attached hydrogens (primary N) is 1. The van der Waals surface area contributed by atoms with Gasteiger partial charge in [-0.25, -0.2) is 19.3 Å². The Morgan fingerprint density at radius 2 is 1.11 bits per heavy atom. The van der Waals surface area contributed by atoms with Crippen LogP contribution in [0.15, 0.2) is 163 Å². The molecule has 0 unspecified atom stereocenters. The van der Waals surface area contributed by atoms with E-state index in [-0.39, 0.29) is 20.4 Å². The zero-order valence-electron chi connectivity index (χ0n) is 31.6. The van der Waals surface area contributed by atoms with E-state index in [2.05, 4.69) is 29.7 Å². The predicted octanol–water partition coefficient (Wildman–Crippen LogP) is 11.7. The van der Waals surface area contributed by atoms with Crippen LogP contribution in [0.4, 0.5) is 5.69 Å². The number of benzene rings is 4. The number of carbonyl (C=O) groups is 1. The molecule has 4 aromatic heterocycles. The summed E-state index contributed by atoms with van der Waals surface area (Å²) in [5.41, 5.74) is 20.0. The summed E-state index contributed by atoms with van der Waals surface area (Å²) >= 11 is 0. The van der Waals surface area contributed by atoms with E-state index < -0.39 is 13.7 Å². The third-order valence-corrected chi connectivity index (χ3v) is 9.47. The molecule has 3 N–H and O–H groups in total. The van der Waals surface area contributed by atoms with Crippen molar-refractivity contribution in [1.29, 1.82) is 0 Å². The zero-order chi connectivity index (χ0) is 41.6. The highest BCUT2D eigenvalue weighted by Gasteiger charge is 2.26. The van der Waals surface area contributed by atoms with E-state index in [9.17, 15) is 14.5 Å². The van der Waals surface area contributed by atoms with Gasteiger partial charge >= 0.3 is 13.7 Å². The van der Waals surface area contributed by atoms with Crippen LogP contribution in [0.1, 0.15) is 25.2 Å². The number of methoxy groups -OCH3 is 2. The highest BCUT2D eigenvalue weighted by atomic mass is 31.2. The number of para-hydroxylation sites is 2. The number of fused-ring (bicyclic) bond motifs is 2. The maximum atomic E-state index is 12.3. The van der Waals surface area contributed by atoms with Crippen molar-refractivity contribution in [2.75, 3.05) is 20.0 Å². The van der Waals surface area contributed by atoms with Crippen LogP contribution in [0.25, 0.3) is 54.8 Å². The summed E-state index contributed by atoms with van der Waals surface area (Å²) in [6.07, 6.45) is 6.55. The maximum absolute atomic E-state index is 12.3. The highest BCUT2D eigenvalue weighted by Crippen LogP contribution is 2.50. The first-order valence-corrected chi connectivity index (χ1v) is 19.1. The molecule has 8 aromatic rings. The van der Waals surface area contributed by atoms with Gasteiger partial charge in [0, 0.05) is 62.2 Å². The Kier molecular flexibility index (Phi) is 16.2. The summed E-state index contributed by atoms with van der Waals surface area (Å²) in [5, 5.41) is 10.8. The molecule has 0 spiro atoms. The zero-order valence-corrected chi connectivity index (χ0v) is 32.5. The van der Waals surface area contributed by atoms with Crippen LogP contribution in [0, 0.1) is 0 Å². The first kappa shape index (κ1) is 45.7. The summed E-state index contributed by atoms with van der Waals surface area (Å²) in [6.45, 7) is 0. The van der Waals surface area contributed by atoms with E-state index in [0.29, 0.717) is 39.5 Å². The maximum Gasteiger partial charge on any atom is 0.525 e. The summed E-state index contributed by atoms with van der Waals surface area (Å²) < 4.78 is 33.0. The van der Waals surface area contributed by atoms with Crippen molar-refractivity contribution in [1.82, 2.24) is 19.9 Å². The number of carboxylic acids is 1. The SMILES string of the molecule is C.C.COc1cccc(-c2cc(C(=O)O)c3cnccc3n2)c1.COc1cccc(-c2cc(N)c3cnccc3n2)c1.[N-]=[N+]=NP(=O)(Oc1ccccc1)Oc1ccccc1. The molecule has 16 heteroatoms. The molecule has 0 saturated carbocycles. The van der Waals surface area contributed by atoms with Gasteiger partial charge in [-0.15, -0.1) is 0 Å². The van der Waals surface area contributed by atoms with Gasteiger partial charge in [0.05, 0.1) is 42.2 Å². The number of hydrogen-bond acceptors (Lipinski definition) is 11. The molecular formula is C45H43N8O7P. The Morgan fingerprint density at radius 3 is 1.59 bits per heavy atom. The number of pyridine rings is 4. The van der Waals surface area contributed by atoms with E-state index in [4.69, 9.17) is 29.8 Å². The Hall–Kier alpha value is -7.99. The Labute approximate surface area is 352 Å². The van der Waals surface area contributed by atoms with E-state index in [1.807, 2.05) is 60.7 Å². The topological polar surface area (TPSA) is 218 Å². The first-order valence-electron chi connectivity index (χ1n) is 17.6. The minimum absolute atomic E-state index is 0. The minimum atomic E-state index is -3.95. The Bertz CT molecular complexity index is 2760. The van der Waals surface area contributed by atoms with Gasteiger partial charge in [0.25, 0.3) is 0 Å². The van der Waals surface area contributed by atoms with Crippen LogP contribution in [0.2, 0.25) is 0 Å². The first-order chi connectivity index (χ1) is 28.7. The number of aromatic carboxylic acids is 1. The van der Waals surface area contributed by atoms with Crippen molar-refractivity contribution >= 4 is 41.2 Å². The lowest BCUT2D eigenvalue weighted by atomic mass is 10.1. The van der Waals surface area contributed by atoms with E-state index in [1.54, 1.807) is 106 Å². The fourth-order valence-electron chi connectivity index (χ4n) is 5.53. The van der Waals surface area contributed by atoms with Crippen molar-refractivity contribution in [3.05, 3.63) is 174 Å². The highest BCUT2D eigenvalue weighted by molar-refractivity contribution is 7.53. The number of nitrogens with zero attached hydrogens (tertiary/aromatic N) is 7. The van der Waals surface area contributed by atoms with Crippen molar-refractivity contribution in [3.63, 3.8) is 0 Å². The molecule has 61 heavy (non-hydrogen) atoms. The molecule has 0 atom stereocenters. The van der Waals surface area contributed by atoms with Gasteiger partial charge in [0.1, 0.15) is 23.0 Å². The molecule has 0 fully saturated rings. The largest absolute Gasteiger partial charge is 0.525 e. The van der Waals surface area contributed by atoms with Crippen molar-refractivity contribution in [2.45, 2.75) is 14.9 Å². The van der Waals surface area contributed by atoms with E-state index in [1.165, 1.54) is 6.20 Å². The van der Waals surface area contributed by atoms with Crippen LogP contribution >= 0.6 is 7.75 Å². The molecule has 0 aliphatic carbocycles. The lowest BCUT2D eigenvalue weighted by Gasteiger charge is -2.14. The summed E-state index contributed by atoms with van der Waals surface area (Å²) in [5.74, 6) is 1.09. The number of rotatable bonds is 10. The quantitative estimate of drug-likeness (QED) is 0.0569. The molecule has 4 heterocycles. The Balaban J connectivity index is 0.000000199. The Morgan fingerprint density at radius 1 is 0.656 bits per heavy atom. The van der Waals surface area contributed by atoms with Crippen LogP contribution < -0.4 is 24.3 Å². The van der Waals surface area contributed by atoms with Gasteiger partial charge in [0.15, 0.2) is 0 Å². The van der Waals surface area contributed by atoms with Gasteiger partial charge in [-0.05, 0) is 78.3 Å². The van der Waals surface area contributed by atoms with E-state index in [0.717, 1.165) is 33.5 Å². The van der Waals surface area contributed by atoms with Crippen molar-refractivity contribution in [3.8, 4) is 45.5 Å². The molecule has 0 aliphatic rings. The fourth-order valence-corrected chi connectivity index (χ4v) is 6.52. The second kappa shape index (κ2) is 21.7. The summed E-state index contributed by atoms with van der Waals surface area (Å²) in [4.78, 5) is 34.2. The molecule has 0 radical (unpaired) electrons. The van der Waals surface area contributed by atoms with Gasteiger partial charge in [-0.1, -0.05) is 75.5 Å². The molecule has 0 bridgehead atoms. The van der Waals surface area contributed by atoms with Gasteiger partial charge in [-0.3, -0.25) is 9.97 Å². The lowest BCUT2D eigenvalue weighted by molar-refractivity contribution is 0.0699. The number of carboxylic acid groups (broad SMARTS) is 1. The molecule has 8 rings (SSSR count). The second-order valence-corrected chi connectivity index (χ2v) is 13.6. The smallest absolute Gasteiger partial charge is 0.497 e. The fraction of sp³-hybridized carbons (Fsp3) is 0.0889. The van der Waals surface area contributed by atoms with Crippen LogP contribution in [-0.4, -0.2) is 45.2 Å². The third kappa shape index (κ3) is 12.0. The molecule has 310 valence electrons. The summed E-state index contributed by atoms with van der Waals surface area (Å²) in [7, 11) is -0.724. The monoisotopic (exact) mass is 838 g/mol. The average Bonchev–Trinajstić information content (AvgIpc) is 3.27.